The molecule has 0 radical (unpaired) electrons. The molecule has 1 rings (SSSR count). The van der Waals surface area contributed by atoms with Gasteiger partial charge in [0, 0.05) is 12.8 Å². The van der Waals surface area contributed by atoms with Gasteiger partial charge in [0.2, 0.25) is 0 Å². The van der Waals surface area contributed by atoms with Crippen molar-refractivity contribution in [1.29, 1.82) is 0 Å². The van der Waals surface area contributed by atoms with Crippen molar-refractivity contribution in [3.8, 4) is 0 Å². The van der Waals surface area contributed by atoms with Crippen LogP contribution in [0.4, 0.5) is 0 Å². The van der Waals surface area contributed by atoms with Gasteiger partial charge in [0.15, 0.2) is 0 Å². The average Bonchev–Trinajstić information content (AvgIpc) is 2.75. The number of unbranched alkanes of at least 4 members (excludes halogenated alkanes) is 4. The molecule has 1 N–H and O–H groups in total. The first-order valence-electron chi connectivity index (χ1n) is 6.89. The molecule has 1 atom stereocenters. The molecule has 5 nitrogen and oxygen atoms in total. The molecule has 0 aromatic heterocycles. The Kier molecular flexibility index (Phi) is 5.95. The summed E-state index contributed by atoms with van der Waals surface area (Å²) in [5.74, 6) is -0.379. The van der Waals surface area contributed by atoms with Gasteiger partial charge in [-0.25, -0.2) is 9.79 Å². The molecule has 0 spiro atoms. The molecule has 0 saturated heterocycles. The van der Waals surface area contributed by atoms with Gasteiger partial charge in [0.1, 0.15) is 5.84 Å². The lowest BCUT2D eigenvalue weighted by Crippen LogP contribution is -2.33. The van der Waals surface area contributed by atoms with E-state index in [2.05, 4.69) is 29.1 Å². The quantitative estimate of drug-likeness (QED) is 0.635. The Morgan fingerprint density at radius 3 is 2.44 bits per heavy atom. The molecule has 5 heteroatoms. The van der Waals surface area contributed by atoms with E-state index >= 15 is 0 Å². The van der Waals surface area contributed by atoms with E-state index in [1.165, 1.54) is 0 Å². The smallest absolute Gasteiger partial charge is 0.356 e. The summed E-state index contributed by atoms with van der Waals surface area (Å²) >= 11 is 0. The van der Waals surface area contributed by atoms with Gasteiger partial charge in [0.05, 0.1) is 0 Å². The normalized spacial score (nSPS) is 22.2. The lowest BCUT2D eigenvalue weighted by molar-refractivity contribution is -0.143. The summed E-state index contributed by atoms with van der Waals surface area (Å²) in [7, 11) is 0. The zero-order valence-corrected chi connectivity index (χ0v) is 11.4. The van der Waals surface area contributed by atoms with E-state index in [0.29, 0.717) is 12.3 Å². The second-order valence-corrected chi connectivity index (χ2v) is 4.76. The molecular formula is C13H23N3O2. The molecule has 1 aliphatic heterocycles. The Bertz CT molecular complexity index is 339. The Morgan fingerprint density at radius 2 is 1.83 bits per heavy atom. The van der Waals surface area contributed by atoms with Crippen molar-refractivity contribution < 1.29 is 9.90 Å². The van der Waals surface area contributed by atoms with Crippen molar-refractivity contribution in [2.75, 3.05) is 0 Å². The molecule has 0 bridgehead atoms. The zero-order valence-electron chi connectivity index (χ0n) is 11.4. The van der Waals surface area contributed by atoms with Crippen molar-refractivity contribution in [1.82, 2.24) is 0 Å². The van der Waals surface area contributed by atoms with Crippen LogP contribution in [0, 0.1) is 0 Å². The minimum atomic E-state index is -1.32. The maximum atomic E-state index is 11.3. The van der Waals surface area contributed by atoms with E-state index in [0.717, 1.165) is 44.9 Å². The van der Waals surface area contributed by atoms with Crippen molar-refractivity contribution in [2.24, 2.45) is 15.2 Å². The van der Waals surface area contributed by atoms with E-state index in [9.17, 15) is 9.90 Å². The third-order valence-electron chi connectivity index (χ3n) is 3.12. The predicted octanol–water partition coefficient (Wildman–Crippen LogP) is 3.79. The summed E-state index contributed by atoms with van der Waals surface area (Å²) < 4.78 is 0. The van der Waals surface area contributed by atoms with Crippen LogP contribution < -0.4 is 0 Å². The number of carbonyl (C=O) groups is 1. The number of hydrogen-bond acceptors (Lipinski definition) is 4. The molecule has 18 heavy (non-hydrogen) atoms. The molecule has 1 aliphatic rings. The predicted molar refractivity (Wildman–Crippen MR) is 70.9 cm³/mol. The molecule has 1 unspecified atom stereocenters. The van der Waals surface area contributed by atoms with Gasteiger partial charge in [-0.1, -0.05) is 39.5 Å². The summed E-state index contributed by atoms with van der Waals surface area (Å²) in [5, 5.41) is 17.2. The highest BCUT2D eigenvalue weighted by molar-refractivity contribution is 5.90. The van der Waals surface area contributed by atoms with Gasteiger partial charge >= 0.3 is 5.97 Å². The number of aliphatic imine (C=N–C) groups is 1. The second kappa shape index (κ2) is 7.24. The molecular weight excluding hydrogens is 230 g/mol. The monoisotopic (exact) mass is 253 g/mol. The SMILES string of the molecule is CCCCCC1=NC(CCCCC)(C(=O)O)N=N1. The van der Waals surface area contributed by atoms with Crippen molar-refractivity contribution in [3.63, 3.8) is 0 Å². The van der Waals surface area contributed by atoms with Crippen LogP contribution in [0.1, 0.15) is 65.2 Å². The van der Waals surface area contributed by atoms with E-state index < -0.39 is 11.6 Å². The van der Waals surface area contributed by atoms with Crippen molar-refractivity contribution in [3.05, 3.63) is 0 Å². The topological polar surface area (TPSA) is 74.4 Å². The molecule has 0 saturated carbocycles. The van der Waals surface area contributed by atoms with Crippen molar-refractivity contribution in [2.45, 2.75) is 70.9 Å². The van der Waals surface area contributed by atoms with Crippen LogP contribution in [0.5, 0.6) is 0 Å². The van der Waals surface area contributed by atoms with Crippen LogP contribution in [-0.2, 0) is 4.79 Å². The molecule has 102 valence electrons. The van der Waals surface area contributed by atoms with E-state index in [1.54, 1.807) is 0 Å². The molecule has 0 amide bonds. The lowest BCUT2D eigenvalue weighted by atomic mass is 10.0. The number of hydrogen-bond donors (Lipinski definition) is 1. The van der Waals surface area contributed by atoms with Crippen LogP contribution in [0.2, 0.25) is 0 Å². The van der Waals surface area contributed by atoms with E-state index in [1.807, 2.05) is 0 Å². The van der Waals surface area contributed by atoms with Crippen LogP contribution in [0.25, 0.3) is 0 Å². The molecule has 0 aliphatic carbocycles. The fourth-order valence-electron chi connectivity index (χ4n) is 1.96. The summed E-state index contributed by atoms with van der Waals surface area (Å²) in [6.07, 6.45) is 7.32. The standard InChI is InChI=1S/C13H23N3O2/c1-3-5-7-9-11-14-13(12(17)18,16-15-11)10-8-6-4-2/h3-10H2,1-2H3,(H,17,18). The summed E-state index contributed by atoms with van der Waals surface area (Å²) in [6, 6.07) is 0. The summed E-state index contributed by atoms with van der Waals surface area (Å²) in [4.78, 5) is 15.6. The number of carboxylic acids is 1. The lowest BCUT2D eigenvalue weighted by Gasteiger charge is -2.15. The first-order valence-corrected chi connectivity index (χ1v) is 6.89. The van der Waals surface area contributed by atoms with E-state index in [-0.39, 0.29) is 0 Å². The van der Waals surface area contributed by atoms with Crippen LogP contribution >= 0.6 is 0 Å². The number of rotatable bonds is 9. The number of aliphatic carboxylic acids is 1. The number of amidine groups is 1. The van der Waals surface area contributed by atoms with Crippen LogP contribution in [-0.4, -0.2) is 22.6 Å². The fourth-order valence-corrected chi connectivity index (χ4v) is 1.96. The van der Waals surface area contributed by atoms with E-state index in [4.69, 9.17) is 0 Å². The van der Waals surface area contributed by atoms with Gasteiger partial charge in [-0.2, -0.15) is 0 Å². The Labute approximate surface area is 108 Å². The highest BCUT2D eigenvalue weighted by Gasteiger charge is 2.41. The Morgan fingerprint density at radius 1 is 1.17 bits per heavy atom. The van der Waals surface area contributed by atoms with Gasteiger partial charge < -0.3 is 5.11 Å². The molecule has 1 heterocycles. The maximum Gasteiger partial charge on any atom is 0.356 e. The minimum absolute atomic E-state index is 0.455. The molecule has 0 aromatic carbocycles. The van der Waals surface area contributed by atoms with Gasteiger partial charge in [-0.3, -0.25) is 0 Å². The van der Waals surface area contributed by atoms with Gasteiger partial charge in [-0.05, 0) is 12.8 Å². The minimum Gasteiger partial charge on any atom is -0.478 e. The van der Waals surface area contributed by atoms with Gasteiger partial charge in [0.25, 0.3) is 5.66 Å². The van der Waals surface area contributed by atoms with Crippen LogP contribution in [0.15, 0.2) is 15.2 Å². The third-order valence-corrected chi connectivity index (χ3v) is 3.12. The summed E-state index contributed by atoms with van der Waals surface area (Å²) in [5.41, 5.74) is -1.32. The second-order valence-electron chi connectivity index (χ2n) is 4.76. The zero-order chi connectivity index (χ0) is 13.4. The maximum absolute atomic E-state index is 11.3. The first-order chi connectivity index (χ1) is 8.64. The Balaban J connectivity index is 2.59. The highest BCUT2D eigenvalue weighted by Crippen LogP contribution is 2.28. The highest BCUT2D eigenvalue weighted by atomic mass is 16.4. The third kappa shape index (κ3) is 3.89. The molecule has 0 fully saturated rings. The average molecular weight is 253 g/mol. The van der Waals surface area contributed by atoms with Gasteiger partial charge in [-0.15, -0.1) is 10.2 Å². The Hall–Kier alpha value is -1.26. The number of azo groups is 1. The number of carboxylic acid groups (broad SMARTS) is 1. The molecule has 0 aromatic rings. The largest absolute Gasteiger partial charge is 0.478 e. The first kappa shape index (κ1) is 14.8. The van der Waals surface area contributed by atoms with Crippen molar-refractivity contribution >= 4 is 11.8 Å². The fraction of sp³-hybridized carbons (Fsp3) is 0.846. The summed E-state index contributed by atoms with van der Waals surface area (Å²) in [6.45, 7) is 4.22. The number of nitrogens with zero attached hydrogens (tertiary/aromatic N) is 3. The van der Waals surface area contributed by atoms with Crippen LogP contribution in [0.3, 0.4) is 0 Å².